The Bertz CT molecular complexity index is 417. The fraction of sp³-hybridized carbons (Fsp3) is 0.529. The number of nitrogens with zero attached hydrogens (tertiary/aromatic N) is 1. The lowest BCUT2D eigenvalue weighted by atomic mass is 10.1. The maximum absolute atomic E-state index is 8.78. The van der Waals surface area contributed by atoms with Gasteiger partial charge in [0.2, 0.25) is 0 Å². The second kappa shape index (κ2) is 9.61. The maximum Gasteiger partial charge on any atom is 0.0540 e. The molecule has 0 saturated carbocycles. The smallest absolute Gasteiger partial charge is 0.0540 e. The molecule has 0 radical (unpaired) electrons. The number of aliphatic hydroxyl groups is 1. The number of hydrogen-bond acceptors (Lipinski definition) is 2. The van der Waals surface area contributed by atoms with Gasteiger partial charge in [0.25, 0.3) is 0 Å². The molecule has 2 heteroatoms. The number of unbranched alkanes of at least 4 members (excludes halogenated alkanes) is 1. The maximum atomic E-state index is 8.78. The van der Waals surface area contributed by atoms with Crippen molar-refractivity contribution >= 4 is 0 Å². The van der Waals surface area contributed by atoms with Gasteiger partial charge in [-0.15, -0.1) is 0 Å². The third-order valence-corrected chi connectivity index (χ3v) is 3.15. The average molecular weight is 259 g/mol. The molecule has 0 spiro atoms. The summed E-state index contributed by atoms with van der Waals surface area (Å²) >= 11 is 0. The summed E-state index contributed by atoms with van der Waals surface area (Å²) in [5, 5.41) is 8.78. The number of benzene rings is 1. The van der Waals surface area contributed by atoms with Gasteiger partial charge in [-0.05, 0) is 31.1 Å². The van der Waals surface area contributed by atoms with Gasteiger partial charge in [0.05, 0.1) is 6.61 Å². The predicted molar refractivity (Wildman–Crippen MR) is 80.9 cm³/mol. The van der Waals surface area contributed by atoms with Gasteiger partial charge in [-0.2, -0.15) is 0 Å². The molecule has 1 N–H and O–H groups in total. The van der Waals surface area contributed by atoms with Crippen LogP contribution in [0.4, 0.5) is 0 Å². The average Bonchev–Trinajstić information content (AvgIpc) is 2.45. The lowest BCUT2D eigenvalue weighted by molar-refractivity contribution is 0.275. The Hall–Kier alpha value is -1.30. The first kappa shape index (κ1) is 15.8. The van der Waals surface area contributed by atoms with Crippen molar-refractivity contribution in [3.8, 4) is 11.8 Å². The van der Waals surface area contributed by atoms with E-state index in [1.54, 1.807) is 0 Å². The summed E-state index contributed by atoms with van der Waals surface area (Å²) in [7, 11) is 0. The molecule has 0 unspecified atom stereocenters. The van der Waals surface area contributed by atoms with E-state index in [0.29, 0.717) is 6.42 Å². The van der Waals surface area contributed by atoms with Gasteiger partial charge in [0, 0.05) is 18.5 Å². The molecule has 1 rings (SSSR count). The highest BCUT2D eigenvalue weighted by Gasteiger charge is 2.05. The zero-order chi connectivity index (χ0) is 13.9. The Kier molecular flexibility index (Phi) is 7.97. The summed E-state index contributed by atoms with van der Waals surface area (Å²) in [6.45, 7) is 7.73. The quantitative estimate of drug-likeness (QED) is 0.761. The lowest BCUT2D eigenvalue weighted by Crippen LogP contribution is -2.24. The van der Waals surface area contributed by atoms with Crippen molar-refractivity contribution in [1.29, 1.82) is 0 Å². The van der Waals surface area contributed by atoms with E-state index in [-0.39, 0.29) is 6.61 Å². The summed E-state index contributed by atoms with van der Waals surface area (Å²) in [4.78, 5) is 2.45. The fourth-order valence-electron chi connectivity index (χ4n) is 1.97. The van der Waals surface area contributed by atoms with Crippen molar-refractivity contribution in [2.75, 3.05) is 19.7 Å². The predicted octanol–water partition coefficient (Wildman–Crippen LogP) is 3.04. The Labute approximate surface area is 117 Å². The zero-order valence-electron chi connectivity index (χ0n) is 12.2. The molecule has 0 aliphatic heterocycles. The van der Waals surface area contributed by atoms with E-state index >= 15 is 0 Å². The lowest BCUT2D eigenvalue weighted by Gasteiger charge is -2.20. The van der Waals surface area contributed by atoms with Crippen LogP contribution in [0.2, 0.25) is 0 Å². The molecule has 0 saturated heterocycles. The summed E-state index contributed by atoms with van der Waals surface area (Å²) in [6, 6.07) is 8.31. The van der Waals surface area contributed by atoms with Crippen LogP contribution >= 0.6 is 0 Å². The van der Waals surface area contributed by atoms with Crippen molar-refractivity contribution in [3.63, 3.8) is 0 Å². The SMILES string of the molecule is CCCCN(CC)Cc1ccccc1C#CCCO. The van der Waals surface area contributed by atoms with Crippen LogP contribution in [0.5, 0.6) is 0 Å². The van der Waals surface area contributed by atoms with Crippen molar-refractivity contribution in [2.45, 2.75) is 39.7 Å². The van der Waals surface area contributed by atoms with Crippen molar-refractivity contribution in [1.82, 2.24) is 4.90 Å². The normalized spacial score (nSPS) is 10.3. The monoisotopic (exact) mass is 259 g/mol. The van der Waals surface area contributed by atoms with E-state index < -0.39 is 0 Å². The Morgan fingerprint density at radius 1 is 1.21 bits per heavy atom. The van der Waals surface area contributed by atoms with Crippen LogP contribution in [-0.4, -0.2) is 29.7 Å². The van der Waals surface area contributed by atoms with Crippen molar-refractivity contribution < 1.29 is 5.11 Å². The van der Waals surface area contributed by atoms with E-state index in [9.17, 15) is 0 Å². The molecule has 0 atom stereocenters. The highest BCUT2D eigenvalue weighted by Crippen LogP contribution is 2.11. The van der Waals surface area contributed by atoms with Gasteiger partial charge >= 0.3 is 0 Å². The standard InChI is InChI=1S/C17H25NO/c1-3-5-13-18(4-2)15-17-12-7-6-10-16(17)11-8-9-14-19/h6-7,10,12,19H,3-5,9,13-15H2,1-2H3. The number of aliphatic hydroxyl groups excluding tert-OH is 1. The van der Waals surface area contributed by atoms with Crippen LogP contribution in [0.1, 0.15) is 44.2 Å². The third-order valence-electron chi connectivity index (χ3n) is 3.15. The highest BCUT2D eigenvalue weighted by atomic mass is 16.2. The minimum Gasteiger partial charge on any atom is -0.395 e. The topological polar surface area (TPSA) is 23.5 Å². The van der Waals surface area contributed by atoms with E-state index in [1.165, 1.54) is 18.4 Å². The molecule has 0 fully saturated rings. The summed E-state index contributed by atoms with van der Waals surface area (Å²) in [5.74, 6) is 6.17. The molecular weight excluding hydrogens is 234 g/mol. The van der Waals surface area contributed by atoms with Crippen LogP contribution < -0.4 is 0 Å². The van der Waals surface area contributed by atoms with Crippen LogP contribution in [0, 0.1) is 11.8 Å². The van der Waals surface area contributed by atoms with Gasteiger partial charge in [-0.1, -0.05) is 50.3 Å². The molecule has 0 aliphatic rings. The molecule has 104 valence electrons. The molecule has 0 aliphatic carbocycles. The molecule has 0 heterocycles. The first-order valence-electron chi connectivity index (χ1n) is 7.21. The summed E-state index contributed by atoms with van der Waals surface area (Å²) in [5.41, 5.74) is 2.37. The minimum absolute atomic E-state index is 0.132. The number of hydrogen-bond donors (Lipinski definition) is 1. The van der Waals surface area contributed by atoms with Gasteiger partial charge in [-0.3, -0.25) is 4.90 Å². The molecule has 2 nitrogen and oxygen atoms in total. The fourth-order valence-corrected chi connectivity index (χ4v) is 1.97. The van der Waals surface area contributed by atoms with Gasteiger partial charge in [-0.25, -0.2) is 0 Å². The van der Waals surface area contributed by atoms with Crippen LogP contribution in [0.3, 0.4) is 0 Å². The number of rotatable bonds is 7. The van der Waals surface area contributed by atoms with Gasteiger partial charge in [0.1, 0.15) is 0 Å². The van der Waals surface area contributed by atoms with Gasteiger partial charge in [0.15, 0.2) is 0 Å². The van der Waals surface area contributed by atoms with Crippen LogP contribution in [0.25, 0.3) is 0 Å². The second-order valence-electron chi connectivity index (χ2n) is 4.65. The van der Waals surface area contributed by atoms with E-state index in [1.807, 2.05) is 6.07 Å². The van der Waals surface area contributed by atoms with Gasteiger partial charge < -0.3 is 5.11 Å². The molecule has 0 bridgehead atoms. The summed E-state index contributed by atoms with van der Waals surface area (Å²) in [6.07, 6.45) is 3.02. The van der Waals surface area contributed by atoms with E-state index in [0.717, 1.165) is 25.2 Å². The van der Waals surface area contributed by atoms with Crippen LogP contribution in [-0.2, 0) is 6.54 Å². The molecule has 1 aromatic carbocycles. The Balaban J connectivity index is 2.73. The first-order chi connectivity index (χ1) is 9.31. The molecule has 0 amide bonds. The second-order valence-corrected chi connectivity index (χ2v) is 4.65. The largest absolute Gasteiger partial charge is 0.395 e. The summed E-state index contributed by atoms with van der Waals surface area (Å²) < 4.78 is 0. The third kappa shape index (κ3) is 5.92. The first-order valence-corrected chi connectivity index (χ1v) is 7.21. The minimum atomic E-state index is 0.132. The van der Waals surface area contributed by atoms with Crippen LogP contribution in [0.15, 0.2) is 24.3 Å². The molecular formula is C17H25NO. The van der Waals surface area contributed by atoms with Crippen molar-refractivity contribution in [2.24, 2.45) is 0 Å². The Morgan fingerprint density at radius 3 is 2.68 bits per heavy atom. The van der Waals surface area contributed by atoms with E-state index in [4.69, 9.17) is 5.11 Å². The van der Waals surface area contributed by atoms with Crippen molar-refractivity contribution in [3.05, 3.63) is 35.4 Å². The highest BCUT2D eigenvalue weighted by molar-refractivity contribution is 5.41. The molecule has 1 aromatic rings. The molecule has 19 heavy (non-hydrogen) atoms. The van der Waals surface area contributed by atoms with E-state index in [2.05, 4.69) is 48.8 Å². The Morgan fingerprint density at radius 2 is 2.00 bits per heavy atom. The zero-order valence-corrected chi connectivity index (χ0v) is 12.2. The molecule has 0 aromatic heterocycles.